The SMILES string of the molecule is O=C(O)CNCc1cn(C2CCc3c(F)cc(F)cc3C2)c(=S)[nH]1. The molecule has 1 heterocycles. The van der Waals surface area contributed by atoms with Crippen molar-refractivity contribution in [2.45, 2.75) is 31.8 Å². The molecule has 0 radical (unpaired) electrons. The number of halogens is 2. The summed E-state index contributed by atoms with van der Waals surface area (Å²) < 4.78 is 29.7. The van der Waals surface area contributed by atoms with E-state index in [2.05, 4.69) is 10.3 Å². The number of H-pyrrole nitrogens is 1. The number of hydrogen-bond donors (Lipinski definition) is 3. The molecule has 1 aromatic carbocycles. The zero-order chi connectivity index (χ0) is 17.3. The van der Waals surface area contributed by atoms with Gasteiger partial charge in [-0.05, 0) is 48.7 Å². The van der Waals surface area contributed by atoms with Crippen LogP contribution in [0.15, 0.2) is 18.3 Å². The van der Waals surface area contributed by atoms with Crippen LogP contribution in [-0.2, 0) is 24.2 Å². The summed E-state index contributed by atoms with van der Waals surface area (Å²) in [6.45, 7) is 0.219. The van der Waals surface area contributed by atoms with Crippen LogP contribution in [0.25, 0.3) is 0 Å². The molecule has 2 aromatic rings. The van der Waals surface area contributed by atoms with Gasteiger partial charge < -0.3 is 20.0 Å². The molecule has 0 saturated carbocycles. The minimum absolute atomic E-state index is 0.0238. The average Bonchev–Trinajstić information content (AvgIpc) is 2.87. The van der Waals surface area contributed by atoms with Gasteiger partial charge in [0.15, 0.2) is 4.77 Å². The smallest absolute Gasteiger partial charge is 0.317 e. The first kappa shape index (κ1) is 16.8. The molecule has 24 heavy (non-hydrogen) atoms. The molecule has 1 atom stereocenters. The number of aromatic nitrogens is 2. The number of nitrogens with one attached hydrogen (secondary N) is 2. The summed E-state index contributed by atoms with van der Waals surface area (Å²) >= 11 is 5.32. The van der Waals surface area contributed by atoms with Gasteiger partial charge in [0, 0.05) is 30.5 Å². The number of rotatable bonds is 5. The minimum Gasteiger partial charge on any atom is -0.480 e. The number of imidazole rings is 1. The van der Waals surface area contributed by atoms with Gasteiger partial charge in [0.1, 0.15) is 11.6 Å². The topological polar surface area (TPSA) is 70.0 Å². The highest BCUT2D eigenvalue weighted by Crippen LogP contribution is 2.31. The van der Waals surface area contributed by atoms with E-state index in [4.69, 9.17) is 17.3 Å². The summed E-state index contributed by atoms with van der Waals surface area (Å²) in [6, 6.07) is 2.33. The minimum atomic E-state index is -0.930. The fraction of sp³-hybridized carbons (Fsp3) is 0.375. The molecule has 1 aliphatic rings. The van der Waals surface area contributed by atoms with Crippen molar-refractivity contribution >= 4 is 18.2 Å². The maximum absolute atomic E-state index is 13.8. The molecule has 1 unspecified atom stereocenters. The Labute approximate surface area is 142 Å². The van der Waals surface area contributed by atoms with E-state index >= 15 is 0 Å². The van der Waals surface area contributed by atoms with E-state index in [9.17, 15) is 13.6 Å². The fourth-order valence-electron chi connectivity index (χ4n) is 3.15. The van der Waals surface area contributed by atoms with Crippen molar-refractivity contribution in [3.8, 4) is 0 Å². The summed E-state index contributed by atoms with van der Waals surface area (Å²) in [6.07, 6.45) is 3.59. The van der Waals surface area contributed by atoms with E-state index in [-0.39, 0.29) is 12.6 Å². The van der Waals surface area contributed by atoms with Crippen LogP contribution in [-0.4, -0.2) is 27.2 Å². The number of nitrogens with zero attached hydrogens (tertiary/aromatic N) is 1. The Morgan fingerprint density at radius 1 is 1.46 bits per heavy atom. The molecule has 3 rings (SSSR count). The molecule has 0 saturated heterocycles. The number of fused-ring (bicyclic) bond motifs is 1. The van der Waals surface area contributed by atoms with Gasteiger partial charge >= 0.3 is 5.97 Å². The second kappa shape index (κ2) is 6.82. The Kier molecular flexibility index (Phi) is 4.77. The van der Waals surface area contributed by atoms with Crippen molar-refractivity contribution in [3.63, 3.8) is 0 Å². The molecule has 1 aromatic heterocycles. The number of aliphatic carboxylic acids is 1. The summed E-state index contributed by atoms with van der Waals surface area (Å²) in [7, 11) is 0. The maximum Gasteiger partial charge on any atom is 0.317 e. The first-order chi connectivity index (χ1) is 11.4. The number of carbonyl (C=O) groups is 1. The quantitative estimate of drug-likeness (QED) is 0.723. The lowest BCUT2D eigenvalue weighted by molar-refractivity contribution is -0.136. The molecule has 1 aliphatic carbocycles. The summed E-state index contributed by atoms with van der Waals surface area (Å²) in [4.78, 5) is 13.6. The Morgan fingerprint density at radius 2 is 2.25 bits per heavy atom. The highest BCUT2D eigenvalue weighted by Gasteiger charge is 2.24. The standard InChI is InChI=1S/C16H17F2N3O2S/c17-10-3-9-4-12(1-2-13(9)14(18)5-10)21-8-11(20-16(21)24)6-19-7-15(22)23/h3,5,8,12,19H,1-2,4,6-7H2,(H,20,24)(H,22,23). The normalized spacial score (nSPS) is 16.8. The van der Waals surface area contributed by atoms with Gasteiger partial charge in [-0.2, -0.15) is 0 Å². The molecule has 3 N–H and O–H groups in total. The second-order valence-corrected chi connectivity index (χ2v) is 6.30. The third-order valence-corrected chi connectivity index (χ3v) is 4.53. The van der Waals surface area contributed by atoms with Crippen LogP contribution in [0, 0.1) is 16.4 Å². The van der Waals surface area contributed by atoms with E-state index < -0.39 is 17.6 Å². The van der Waals surface area contributed by atoms with Crippen molar-refractivity contribution < 1.29 is 18.7 Å². The van der Waals surface area contributed by atoms with E-state index in [1.54, 1.807) is 0 Å². The lowest BCUT2D eigenvalue weighted by Crippen LogP contribution is -2.22. The molecule has 0 bridgehead atoms. The largest absolute Gasteiger partial charge is 0.480 e. The van der Waals surface area contributed by atoms with Crippen molar-refractivity contribution in [1.82, 2.24) is 14.9 Å². The molecule has 5 nitrogen and oxygen atoms in total. The highest BCUT2D eigenvalue weighted by molar-refractivity contribution is 7.71. The van der Waals surface area contributed by atoms with Crippen LogP contribution in [0.5, 0.6) is 0 Å². The van der Waals surface area contributed by atoms with Gasteiger partial charge in [0.05, 0.1) is 6.54 Å². The maximum atomic E-state index is 13.8. The molecule has 0 spiro atoms. The predicted molar refractivity (Wildman–Crippen MR) is 86.4 cm³/mol. The van der Waals surface area contributed by atoms with Gasteiger partial charge in [0.25, 0.3) is 0 Å². The summed E-state index contributed by atoms with van der Waals surface area (Å²) in [5, 5.41) is 11.4. The summed E-state index contributed by atoms with van der Waals surface area (Å²) in [5.41, 5.74) is 2.04. The fourth-order valence-corrected chi connectivity index (χ4v) is 3.48. The first-order valence-corrected chi connectivity index (χ1v) is 8.04. The number of carboxylic acids is 1. The number of carboxylic acid groups (broad SMARTS) is 1. The lowest BCUT2D eigenvalue weighted by atomic mass is 9.87. The van der Waals surface area contributed by atoms with Crippen molar-refractivity contribution in [2.24, 2.45) is 0 Å². The van der Waals surface area contributed by atoms with E-state index in [1.807, 2.05) is 10.8 Å². The van der Waals surface area contributed by atoms with Crippen LogP contribution in [0.1, 0.15) is 29.3 Å². The van der Waals surface area contributed by atoms with E-state index in [0.29, 0.717) is 41.7 Å². The van der Waals surface area contributed by atoms with Crippen molar-refractivity contribution in [1.29, 1.82) is 0 Å². The van der Waals surface area contributed by atoms with Gasteiger partial charge in [-0.15, -0.1) is 0 Å². The molecular weight excluding hydrogens is 336 g/mol. The average molecular weight is 353 g/mol. The number of hydrogen-bond acceptors (Lipinski definition) is 3. The molecule has 128 valence electrons. The zero-order valence-electron chi connectivity index (χ0n) is 12.8. The van der Waals surface area contributed by atoms with Gasteiger partial charge in [-0.25, -0.2) is 8.78 Å². The Bertz CT molecular complexity index is 831. The van der Waals surface area contributed by atoms with Crippen molar-refractivity contribution in [3.05, 3.63) is 51.6 Å². The van der Waals surface area contributed by atoms with Crippen LogP contribution in [0.4, 0.5) is 8.78 Å². The monoisotopic (exact) mass is 353 g/mol. The van der Waals surface area contributed by atoms with Gasteiger partial charge in [0.2, 0.25) is 0 Å². The first-order valence-electron chi connectivity index (χ1n) is 7.63. The van der Waals surface area contributed by atoms with Gasteiger partial charge in [-0.1, -0.05) is 0 Å². The second-order valence-electron chi connectivity index (χ2n) is 5.91. The lowest BCUT2D eigenvalue weighted by Gasteiger charge is -2.26. The molecule has 0 amide bonds. The predicted octanol–water partition coefficient (Wildman–Crippen LogP) is 2.73. The number of aromatic amines is 1. The molecular formula is C16H17F2N3O2S. The Morgan fingerprint density at radius 3 is 3.00 bits per heavy atom. The Hall–Kier alpha value is -2.06. The zero-order valence-corrected chi connectivity index (χ0v) is 13.6. The van der Waals surface area contributed by atoms with E-state index in [1.165, 1.54) is 6.07 Å². The van der Waals surface area contributed by atoms with Crippen LogP contribution >= 0.6 is 12.2 Å². The summed E-state index contributed by atoms with van der Waals surface area (Å²) in [5.74, 6) is -1.98. The Balaban J connectivity index is 1.77. The van der Waals surface area contributed by atoms with Crippen LogP contribution in [0.2, 0.25) is 0 Å². The van der Waals surface area contributed by atoms with Gasteiger partial charge in [-0.3, -0.25) is 4.79 Å². The van der Waals surface area contributed by atoms with Crippen LogP contribution in [0.3, 0.4) is 0 Å². The molecule has 8 heteroatoms. The van der Waals surface area contributed by atoms with Crippen molar-refractivity contribution in [2.75, 3.05) is 6.54 Å². The van der Waals surface area contributed by atoms with Crippen LogP contribution < -0.4 is 5.32 Å². The third kappa shape index (κ3) is 3.54. The number of benzene rings is 1. The third-order valence-electron chi connectivity index (χ3n) is 4.22. The molecule has 0 aliphatic heterocycles. The highest BCUT2D eigenvalue weighted by atomic mass is 32.1. The molecule has 0 fully saturated rings. The van der Waals surface area contributed by atoms with E-state index in [0.717, 1.165) is 11.8 Å².